The van der Waals surface area contributed by atoms with Crippen LogP contribution >= 0.6 is 0 Å². The third kappa shape index (κ3) is 2.76. The van der Waals surface area contributed by atoms with Crippen molar-refractivity contribution in [2.75, 3.05) is 18.4 Å². The van der Waals surface area contributed by atoms with Gasteiger partial charge >= 0.3 is 5.97 Å². The molecule has 0 saturated carbocycles. The maximum atomic E-state index is 11.8. The number of nitrogens with one attached hydrogen (secondary N) is 2. The monoisotopic (exact) mass is 276 g/mol. The van der Waals surface area contributed by atoms with Gasteiger partial charge in [-0.25, -0.2) is 0 Å². The number of hydrogen-bond donors (Lipinski definition) is 3. The van der Waals surface area contributed by atoms with Crippen molar-refractivity contribution in [2.24, 2.45) is 5.41 Å². The van der Waals surface area contributed by atoms with Crippen LogP contribution in [0, 0.1) is 5.41 Å². The van der Waals surface area contributed by atoms with Gasteiger partial charge in [-0.3, -0.25) is 9.59 Å². The number of carbonyl (C=O) groups excluding carboxylic acids is 1. The van der Waals surface area contributed by atoms with Gasteiger partial charge < -0.3 is 15.7 Å². The average Bonchev–Trinajstić information content (AvgIpc) is 2.82. The van der Waals surface area contributed by atoms with Crippen LogP contribution in [0.1, 0.15) is 31.7 Å². The van der Waals surface area contributed by atoms with Gasteiger partial charge in [-0.1, -0.05) is 18.2 Å². The first-order valence-electron chi connectivity index (χ1n) is 6.77. The first-order chi connectivity index (χ1) is 9.43. The molecular weight excluding hydrogens is 256 g/mol. The summed E-state index contributed by atoms with van der Waals surface area (Å²) in [5, 5.41) is 15.0. The van der Waals surface area contributed by atoms with E-state index in [0.29, 0.717) is 12.5 Å². The van der Waals surface area contributed by atoms with Crippen molar-refractivity contribution in [3.05, 3.63) is 29.8 Å². The second-order valence-electron chi connectivity index (χ2n) is 5.64. The number of amides is 1. The molecule has 0 aliphatic carbocycles. The van der Waals surface area contributed by atoms with E-state index in [1.54, 1.807) is 0 Å². The Morgan fingerprint density at radius 1 is 1.40 bits per heavy atom. The lowest BCUT2D eigenvalue weighted by Crippen LogP contribution is -2.42. The van der Waals surface area contributed by atoms with E-state index in [1.165, 1.54) is 19.4 Å². The first-order valence-corrected chi connectivity index (χ1v) is 6.77. The fourth-order valence-corrected chi connectivity index (χ4v) is 2.29. The molecule has 5 nitrogen and oxygen atoms in total. The number of carboxylic acids is 1. The summed E-state index contributed by atoms with van der Waals surface area (Å²) in [7, 11) is 0. The van der Waals surface area contributed by atoms with Crippen LogP contribution in [0.25, 0.3) is 0 Å². The molecule has 20 heavy (non-hydrogen) atoms. The average molecular weight is 276 g/mol. The summed E-state index contributed by atoms with van der Waals surface area (Å²) in [5.41, 5.74) is 1.03. The second kappa shape index (κ2) is 5.53. The minimum Gasteiger partial charge on any atom is -0.480 e. The molecule has 0 radical (unpaired) electrons. The number of benzene rings is 1. The van der Waals surface area contributed by atoms with E-state index >= 15 is 0 Å². The predicted octanol–water partition coefficient (Wildman–Crippen LogP) is 1.81. The highest BCUT2D eigenvalue weighted by molar-refractivity contribution is 6.00. The summed E-state index contributed by atoms with van der Waals surface area (Å²) in [6.45, 7) is 4.17. The molecule has 1 aromatic rings. The predicted molar refractivity (Wildman–Crippen MR) is 76.7 cm³/mol. The Morgan fingerprint density at radius 3 is 2.80 bits per heavy atom. The number of fused-ring (bicyclic) bond motifs is 1. The normalized spacial score (nSPS) is 17.2. The fraction of sp³-hybridized carbons (Fsp3) is 0.467. The van der Waals surface area contributed by atoms with Crippen LogP contribution in [-0.2, 0) is 9.59 Å². The van der Waals surface area contributed by atoms with Crippen molar-refractivity contribution in [3.63, 3.8) is 0 Å². The first kappa shape index (κ1) is 14.4. The smallest absolute Gasteiger partial charge is 0.318 e. The SMILES string of the molecule is CC(C)(C(=O)O)C(=O)NCCC1CNc2ccccc21. The van der Waals surface area contributed by atoms with Gasteiger partial charge in [0.05, 0.1) is 0 Å². The Kier molecular flexibility index (Phi) is 3.97. The zero-order valence-electron chi connectivity index (χ0n) is 11.8. The minimum absolute atomic E-state index is 0.361. The van der Waals surface area contributed by atoms with Gasteiger partial charge in [-0.15, -0.1) is 0 Å². The molecule has 1 heterocycles. The van der Waals surface area contributed by atoms with Crippen LogP contribution in [0.2, 0.25) is 0 Å². The summed E-state index contributed by atoms with van der Waals surface area (Å²) in [6.07, 6.45) is 0.797. The van der Waals surface area contributed by atoms with E-state index in [1.807, 2.05) is 18.2 Å². The van der Waals surface area contributed by atoms with Crippen molar-refractivity contribution >= 4 is 17.6 Å². The lowest BCUT2D eigenvalue weighted by Gasteiger charge is -2.19. The van der Waals surface area contributed by atoms with E-state index in [4.69, 9.17) is 5.11 Å². The lowest BCUT2D eigenvalue weighted by atomic mass is 9.92. The van der Waals surface area contributed by atoms with E-state index in [-0.39, 0.29) is 0 Å². The molecule has 5 heteroatoms. The Bertz CT molecular complexity index is 526. The molecule has 1 atom stereocenters. The summed E-state index contributed by atoms with van der Waals surface area (Å²) < 4.78 is 0. The quantitative estimate of drug-likeness (QED) is 0.717. The highest BCUT2D eigenvalue weighted by Crippen LogP contribution is 2.32. The van der Waals surface area contributed by atoms with E-state index in [0.717, 1.165) is 18.7 Å². The molecule has 0 bridgehead atoms. The highest BCUT2D eigenvalue weighted by atomic mass is 16.4. The third-order valence-corrected chi connectivity index (χ3v) is 3.82. The molecule has 108 valence electrons. The topological polar surface area (TPSA) is 78.4 Å². The number of aliphatic carboxylic acids is 1. The lowest BCUT2D eigenvalue weighted by molar-refractivity contribution is -0.153. The van der Waals surface area contributed by atoms with Crippen LogP contribution in [-0.4, -0.2) is 30.1 Å². The van der Waals surface area contributed by atoms with Gasteiger partial charge in [0.2, 0.25) is 5.91 Å². The van der Waals surface area contributed by atoms with Crippen LogP contribution in [0.3, 0.4) is 0 Å². The fourth-order valence-electron chi connectivity index (χ4n) is 2.29. The molecule has 3 N–H and O–H groups in total. The van der Waals surface area contributed by atoms with E-state index < -0.39 is 17.3 Å². The summed E-state index contributed by atoms with van der Waals surface area (Å²) in [5.74, 6) is -1.19. The molecule has 2 rings (SSSR count). The van der Waals surface area contributed by atoms with Crippen molar-refractivity contribution < 1.29 is 14.7 Å². The molecule has 1 aliphatic heterocycles. The molecule has 0 saturated heterocycles. The molecule has 1 unspecified atom stereocenters. The van der Waals surface area contributed by atoms with Crippen molar-refractivity contribution in [1.29, 1.82) is 0 Å². The van der Waals surface area contributed by atoms with Gasteiger partial charge in [0.1, 0.15) is 5.41 Å². The number of hydrogen-bond acceptors (Lipinski definition) is 3. The second-order valence-corrected chi connectivity index (χ2v) is 5.64. The maximum absolute atomic E-state index is 11.8. The van der Waals surface area contributed by atoms with Crippen molar-refractivity contribution in [1.82, 2.24) is 5.32 Å². The van der Waals surface area contributed by atoms with Gasteiger partial charge in [-0.2, -0.15) is 0 Å². The van der Waals surface area contributed by atoms with Crippen LogP contribution < -0.4 is 10.6 Å². The number of carboxylic acid groups (broad SMARTS) is 1. The highest BCUT2D eigenvalue weighted by Gasteiger charge is 2.35. The van der Waals surface area contributed by atoms with Crippen molar-refractivity contribution in [2.45, 2.75) is 26.2 Å². The number of rotatable bonds is 5. The van der Waals surface area contributed by atoms with E-state index in [2.05, 4.69) is 16.7 Å². The van der Waals surface area contributed by atoms with E-state index in [9.17, 15) is 9.59 Å². The molecule has 1 aromatic carbocycles. The van der Waals surface area contributed by atoms with Gasteiger partial charge in [0.15, 0.2) is 0 Å². The zero-order chi connectivity index (χ0) is 14.8. The number of anilines is 1. The molecule has 0 fully saturated rings. The van der Waals surface area contributed by atoms with Crippen LogP contribution in [0.4, 0.5) is 5.69 Å². The summed E-state index contributed by atoms with van der Waals surface area (Å²) >= 11 is 0. The standard InChI is InChI=1S/C15H20N2O3/c1-15(2,14(19)20)13(18)16-8-7-10-9-17-12-6-4-3-5-11(10)12/h3-6,10,17H,7-9H2,1-2H3,(H,16,18)(H,19,20). The number of para-hydroxylation sites is 1. The Labute approximate surface area is 118 Å². The minimum atomic E-state index is -1.38. The molecule has 0 aromatic heterocycles. The van der Waals surface area contributed by atoms with Gasteiger partial charge in [-0.05, 0) is 31.9 Å². The summed E-state index contributed by atoms with van der Waals surface area (Å²) in [6, 6.07) is 8.13. The largest absolute Gasteiger partial charge is 0.480 e. The Balaban J connectivity index is 1.86. The third-order valence-electron chi connectivity index (χ3n) is 3.82. The van der Waals surface area contributed by atoms with Gasteiger partial charge in [0.25, 0.3) is 0 Å². The molecular formula is C15H20N2O3. The number of carbonyl (C=O) groups is 2. The maximum Gasteiger partial charge on any atom is 0.318 e. The zero-order valence-corrected chi connectivity index (χ0v) is 11.8. The Morgan fingerprint density at radius 2 is 2.10 bits per heavy atom. The van der Waals surface area contributed by atoms with Gasteiger partial charge in [0, 0.05) is 24.7 Å². The van der Waals surface area contributed by atoms with Crippen molar-refractivity contribution in [3.8, 4) is 0 Å². The molecule has 0 spiro atoms. The van der Waals surface area contributed by atoms with Crippen LogP contribution in [0.5, 0.6) is 0 Å². The molecule has 1 aliphatic rings. The van der Waals surface area contributed by atoms with Crippen LogP contribution in [0.15, 0.2) is 24.3 Å². The molecule has 1 amide bonds. The summed E-state index contributed by atoms with van der Waals surface area (Å²) in [4.78, 5) is 22.8. The Hall–Kier alpha value is -2.04.